The summed E-state index contributed by atoms with van der Waals surface area (Å²) in [6.07, 6.45) is 0.885. The zero-order valence-electron chi connectivity index (χ0n) is 14.1. The molecule has 3 rings (SSSR count). The smallest absolute Gasteiger partial charge is 0.266 e. The van der Waals surface area contributed by atoms with Gasteiger partial charge in [-0.15, -0.1) is 11.3 Å². The average Bonchev–Trinajstić information content (AvgIpc) is 3.12. The molecule has 0 fully saturated rings. The Kier molecular flexibility index (Phi) is 6.36. The number of sulfonamides is 1. The third-order valence-electron chi connectivity index (χ3n) is 3.65. The fourth-order valence-corrected chi connectivity index (χ4v) is 4.73. The second-order valence-corrected chi connectivity index (χ2v) is 9.36. The number of anilines is 1. The van der Waals surface area contributed by atoms with Gasteiger partial charge in [-0.25, -0.2) is 17.8 Å². The predicted octanol–water partition coefficient (Wildman–Crippen LogP) is 6.18. The molecule has 28 heavy (non-hydrogen) atoms. The molecular formula is C17H12Cl3FN2O3S2. The fraction of sp³-hybridized carbons (Fsp3) is 0.118. The first kappa shape index (κ1) is 21.1. The lowest BCUT2D eigenvalue weighted by Crippen LogP contribution is -2.15. The summed E-state index contributed by atoms with van der Waals surface area (Å²) in [7, 11) is -4.19. The van der Waals surface area contributed by atoms with Crippen molar-refractivity contribution in [2.75, 3.05) is 4.72 Å². The molecule has 1 heterocycles. The number of aromatic nitrogens is 1. The molecule has 5 nitrogen and oxygen atoms in total. The van der Waals surface area contributed by atoms with Gasteiger partial charge in [0, 0.05) is 17.6 Å². The summed E-state index contributed by atoms with van der Waals surface area (Å²) in [5.74, 6) is -1.02. The topological polar surface area (TPSA) is 68.3 Å². The van der Waals surface area contributed by atoms with Crippen molar-refractivity contribution in [2.45, 2.75) is 17.9 Å². The molecule has 0 radical (unpaired) electrons. The van der Waals surface area contributed by atoms with E-state index in [-0.39, 0.29) is 15.9 Å². The first-order chi connectivity index (χ1) is 13.2. The largest absolute Gasteiger partial charge is 0.484 e. The number of benzene rings is 2. The van der Waals surface area contributed by atoms with Crippen LogP contribution in [0.5, 0.6) is 5.75 Å². The number of halogens is 4. The highest BCUT2D eigenvalue weighted by molar-refractivity contribution is 7.93. The molecular weight excluding hydrogens is 470 g/mol. The van der Waals surface area contributed by atoms with Gasteiger partial charge in [0.25, 0.3) is 10.0 Å². The van der Waals surface area contributed by atoms with Crippen LogP contribution in [0.3, 0.4) is 0 Å². The lowest BCUT2D eigenvalue weighted by Gasteiger charge is -2.17. The maximum absolute atomic E-state index is 14.5. The highest BCUT2D eigenvalue weighted by Crippen LogP contribution is 2.35. The van der Waals surface area contributed by atoms with Gasteiger partial charge in [0.2, 0.25) is 0 Å². The summed E-state index contributed by atoms with van der Waals surface area (Å²) < 4.78 is 47.2. The van der Waals surface area contributed by atoms with Crippen molar-refractivity contribution in [3.8, 4) is 5.75 Å². The van der Waals surface area contributed by atoms with E-state index in [1.165, 1.54) is 6.20 Å². The van der Waals surface area contributed by atoms with Gasteiger partial charge in [-0.1, -0.05) is 40.9 Å². The first-order valence-electron chi connectivity index (χ1n) is 7.70. The molecule has 0 unspecified atom stereocenters. The van der Waals surface area contributed by atoms with Gasteiger partial charge in [-0.2, -0.15) is 0 Å². The maximum Gasteiger partial charge on any atom is 0.266 e. The van der Waals surface area contributed by atoms with E-state index < -0.39 is 26.8 Å². The fourth-order valence-electron chi connectivity index (χ4n) is 2.27. The molecule has 0 aliphatic heterocycles. The average molecular weight is 482 g/mol. The predicted molar refractivity (Wildman–Crippen MR) is 110 cm³/mol. The minimum atomic E-state index is -4.19. The Morgan fingerprint density at radius 2 is 1.89 bits per heavy atom. The van der Waals surface area contributed by atoms with Gasteiger partial charge in [0.15, 0.2) is 5.13 Å². The third kappa shape index (κ3) is 4.69. The Labute approximate surface area is 180 Å². The molecule has 3 aromatic rings. The van der Waals surface area contributed by atoms with E-state index in [4.69, 9.17) is 39.5 Å². The molecule has 1 N–H and O–H groups in total. The standard InChI is InChI=1S/C17H12Cl3FN2O3S2/c1-9(10-2-3-11(18)12(19)6-10)26-15-8-14(21)16(7-13(15)20)28(24,25)23-17-22-4-5-27-17/h2-9H,1H3,(H,22,23)/t9-/m0/s1. The minimum absolute atomic E-state index is 0.00839. The molecule has 2 aromatic carbocycles. The normalized spacial score (nSPS) is 12.6. The monoisotopic (exact) mass is 480 g/mol. The number of hydrogen-bond acceptors (Lipinski definition) is 5. The number of thiazole rings is 1. The van der Waals surface area contributed by atoms with Gasteiger partial charge >= 0.3 is 0 Å². The van der Waals surface area contributed by atoms with Crippen LogP contribution in [0.4, 0.5) is 9.52 Å². The summed E-state index contributed by atoms with van der Waals surface area (Å²) in [6, 6.07) is 6.85. The molecule has 0 bridgehead atoms. The number of nitrogens with zero attached hydrogens (tertiary/aromatic N) is 1. The Balaban J connectivity index is 1.86. The number of hydrogen-bond donors (Lipinski definition) is 1. The first-order valence-corrected chi connectivity index (χ1v) is 11.2. The highest BCUT2D eigenvalue weighted by Gasteiger charge is 2.23. The molecule has 0 aliphatic rings. The highest BCUT2D eigenvalue weighted by atomic mass is 35.5. The van der Waals surface area contributed by atoms with Gasteiger partial charge in [-0.05, 0) is 30.7 Å². The Morgan fingerprint density at radius 3 is 2.54 bits per heavy atom. The summed E-state index contributed by atoms with van der Waals surface area (Å²) >= 11 is 19.1. The van der Waals surface area contributed by atoms with Crippen LogP contribution in [-0.4, -0.2) is 13.4 Å². The Bertz CT molecular complexity index is 1110. The van der Waals surface area contributed by atoms with E-state index >= 15 is 0 Å². The van der Waals surface area contributed by atoms with Crippen LogP contribution in [0.15, 0.2) is 46.8 Å². The van der Waals surface area contributed by atoms with Crippen molar-refractivity contribution in [3.63, 3.8) is 0 Å². The summed E-state index contributed by atoms with van der Waals surface area (Å²) in [5, 5.41) is 2.38. The Hall–Kier alpha value is -1.58. The van der Waals surface area contributed by atoms with Crippen LogP contribution in [0.25, 0.3) is 0 Å². The maximum atomic E-state index is 14.5. The molecule has 1 atom stereocenters. The lowest BCUT2D eigenvalue weighted by molar-refractivity contribution is 0.226. The van der Waals surface area contributed by atoms with Crippen LogP contribution in [0, 0.1) is 5.82 Å². The van der Waals surface area contributed by atoms with Crippen molar-refractivity contribution in [2.24, 2.45) is 0 Å². The zero-order chi connectivity index (χ0) is 20.5. The van der Waals surface area contributed by atoms with Crippen molar-refractivity contribution >= 4 is 61.3 Å². The van der Waals surface area contributed by atoms with Gasteiger partial charge in [0.05, 0.1) is 15.1 Å². The van der Waals surface area contributed by atoms with Crippen molar-refractivity contribution in [1.82, 2.24) is 4.98 Å². The van der Waals surface area contributed by atoms with Gasteiger partial charge in [0.1, 0.15) is 22.6 Å². The van der Waals surface area contributed by atoms with Crippen LogP contribution in [0.1, 0.15) is 18.6 Å². The SMILES string of the molecule is C[C@H](Oc1cc(F)c(S(=O)(=O)Nc2nccs2)cc1Cl)c1ccc(Cl)c(Cl)c1. The molecule has 0 spiro atoms. The zero-order valence-corrected chi connectivity index (χ0v) is 18.0. The summed E-state index contributed by atoms with van der Waals surface area (Å²) in [4.78, 5) is 3.20. The van der Waals surface area contributed by atoms with E-state index in [2.05, 4.69) is 9.71 Å². The van der Waals surface area contributed by atoms with Crippen LogP contribution < -0.4 is 9.46 Å². The van der Waals surface area contributed by atoms with E-state index in [0.717, 1.165) is 23.5 Å². The van der Waals surface area contributed by atoms with Crippen molar-refractivity contribution in [3.05, 3.63) is 68.4 Å². The molecule has 0 saturated heterocycles. The molecule has 0 saturated carbocycles. The number of nitrogens with one attached hydrogen (secondary N) is 1. The van der Waals surface area contributed by atoms with Gasteiger partial charge in [-0.3, -0.25) is 4.72 Å². The van der Waals surface area contributed by atoms with Crippen LogP contribution in [-0.2, 0) is 10.0 Å². The number of ether oxygens (including phenoxy) is 1. The number of rotatable bonds is 6. The van der Waals surface area contributed by atoms with Crippen LogP contribution >= 0.6 is 46.1 Å². The van der Waals surface area contributed by atoms with Gasteiger partial charge < -0.3 is 4.74 Å². The van der Waals surface area contributed by atoms with E-state index in [0.29, 0.717) is 15.6 Å². The summed E-state index contributed by atoms with van der Waals surface area (Å²) in [6.45, 7) is 1.71. The molecule has 0 amide bonds. The second kappa shape index (κ2) is 8.42. The minimum Gasteiger partial charge on any atom is -0.484 e. The van der Waals surface area contributed by atoms with Crippen molar-refractivity contribution < 1.29 is 17.5 Å². The molecule has 1 aromatic heterocycles. The van der Waals surface area contributed by atoms with E-state index in [9.17, 15) is 12.8 Å². The van der Waals surface area contributed by atoms with E-state index in [1.54, 1.807) is 30.5 Å². The molecule has 148 valence electrons. The second-order valence-electron chi connectivity index (χ2n) is 5.59. The molecule has 0 aliphatic carbocycles. The third-order valence-corrected chi connectivity index (χ3v) is 6.85. The van der Waals surface area contributed by atoms with E-state index in [1.807, 2.05) is 0 Å². The quantitative estimate of drug-likeness (QED) is 0.456. The van der Waals surface area contributed by atoms with Crippen LogP contribution in [0.2, 0.25) is 15.1 Å². The summed E-state index contributed by atoms with van der Waals surface area (Å²) in [5.41, 5.74) is 0.688. The lowest BCUT2D eigenvalue weighted by atomic mass is 10.1. The van der Waals surface area contributed by atoms with Crippen molar-refractivity contribution in [1.29, 1.82) is 0 Å². The molecule has 11 heteroatoms. The Morgan fingerprint density at radius 1 is 1.14 bits per heavy atom.